The minimum Gasteiger partial charge on any atom is -0.312 e. The first-order valence-corrected chi connectivity index (χ1v) is 6.50. The number of hydrogen-bond acceptors (Lipinski definition) is 4. The van der Waals surface area contributed by atoms with Gasteiger partial charge in [0, 0.05) is 50.1 Å². The first kappa shape index (κ1) is 14.2. The van der Waals surface area contributed by atoms with Gasteiger partial charge >= 0.3 is 0 Å². The number of hydrogen-bond donors (Lipinski definition) is 1. The van der Waals surface area contributed by atoms with Crippen LogP contribution in [0.4, 0.5) is 5.69 Å². The highest BCUT2D eigenvalue weighted by Gasteiger charge is 2.12. The van der Waals surface area contributed by atoms with Gasteiger partial charge < -0.3 is 5.32 Å². The lowest BCUT2D eigenvalue weighted by molar-refractivity contribution is -0.385. The Kier molecular flexibility index (Phi) is 4.47. The molecule has 0 aliphatic heterocycles. The highest BCUT2D eigenvalue weighted by molar-refractivity contribution is 5.44. The Labute approximate surface area is 117 Å². The second-order valence-corrected chi connectivity index (χ2v) is 4.69. The maximum atomic E-state index is 10.9. The summed E-state index contributed by atoms with van der Waals surface area (Å²) in [5, 5.41) is 18.3. The van der Waals surface area contributed by atoms with Crippen LogP contribution in [0.1, 0.15) is 16.8 Å². The van der Waals surface area contributed by atoms with E-state index >= 15 is 0 Å². The summed E-state index contributed by atoms with van der Waals surface area (Å²) < 4.78 is 1.85. The van der Waals surface area contributed by atoms with Crippen molar-refractivity contribution in [2.45, 2.75) is 19.9 Å². The van der Waals surface area contributed by atoms with Crippen molar-refractivity contribution in [3.63, 3.8) is 0 Å². The Hall–Kier alpha value is -2.21. The fraction of sp³-hybridized carbons (Fsp3) is 0.357. The van der Waals surface area contributed by atoms with Gasteiger partial charge in [-0.15, -0.1) is 0 Å². The van der Waals surface area contributed by atoms with Crippen molar-refractivity contribution in [1.29, 1.82) is 0 Å². The molecule has 2 rings (SSSR count). The second kappa shape index (κ2) is 6.29. The number of nitrogens with one attached hydrogen (secondary N) is 1. The summed E-state index contributed by atoms with van der Waals surface area (Å²) in [7, 11) is 1.92. The van der Waals surface area contributed by atoms with Crippen LogP contribution < -0.4 is 5.32 Å². The molecule has 1 aromatic heterocycles. The summed E-state index contributed by atoms with van der Waals surface area (Å²) in [6.45, 7) is 3.23. The maximum absolute atomic E-state index is 10.9. The third-order valence-electron chi connectivity index (χ3n) is 3.41. The lowest BCUT2D eigenvalue weighted by atomic mass is 10.1. The average molecular weight is 274 g/mol. The number of nitrogens with zero attached hydrogens (tertiary/aromatic N) is 3. The van der Waals surface area contributed by atoms with Crippen molar-refractivity contribution in [3.8, 4) is 0 Å². The zero-order valence-corrected chi connectivity index (χ0v) is 11.7. The minimum atomic E-state index is -0.339. The summed E-state index contributed by atoms with van der Waals surface area (Å²) in [6, 6.07) is 7.16. The van der Waals surface area contributed by atoms with Gasteiger partial charge in [-0.05, 0) is 18.6 Å². The van der Waals surface area contributed by atoms with Crippen molar-refractivity contribution in [2.24, 2.45) is 7.05 Å². The molecular weight excluding hydrogens is 256 g/mol. The van der Waals surface area contributed by atoms with Gasteiger partial charge in [0.1, 0.15) is 0 Å². The van der Waals surface area contributed by atoms with Crippen LogP contribution in [0.3, 0.4) is 0 Å². The van der Waals surface area contributed by atoms with E-state index in [0.29, 0.717) is 6.54 Å². The Morgan fingerprint density at radius 3 is 2.85 bits per heavy atom. The molecule has 6 heteroatoms. The van der Waals surface area contributed by atoms with Crippen molar-refractivity contribution < 1.29 is 4.92 Å². The molecule has 0 saturated heterocycles. The van der Waals surface area contributed by atoms with Gasteiger partial charge in [0.05, 0.1) is 4.92 Å². The maximum Gasteiger partial charge on any atom is 0.272 e. The number of aromatic nitrogens is 2. The van der Waals surface area contributed by atoms with Gasteiger partial charge in [-0.25, -0.2) is 0 Å². The molecule has 1 N–H and O–H groups in total. The van der Waals surface area contributed by atoms with Crippen LogP contribution in [-0.2, 0) is 20.0 Å². The molecule has 106 valence electrons. The second-order valence-electron chi connectivity index (χ2n) is 4.69. The van der Waals surface area contributed by atoms with E-state index in [9.17, 15) is 10.1 Å². The molecule has 0 aliphatic carbocycles. The van der Waals surface area contributed by atoms with E-state index in [0.717, 1.165) is 29.8 Å². The van der Waals surface area contributed by atoms with Gasteiger partial charge in [-0.3, -0.25) is 14.8 Å². The van der Waals surface area contributed by atoms with Crippen LogP contribution >= 0.6 is 0 Å². The molecule has 6 nitrogen and oxygen atoms in total. The van der Waals surface area contributed by atoms with Gasteiger partial charge in [-0.1, -0.05) is 12.1 Å². The monoisotopic (exact) mass is 274 g/mol. The highest BCUT2D eigenvalue weighted by atomic mass is 16.6. The molecule has 0 fully saturated rings. The molecule has 0 atom stereocenters. The number of aryl methyl sites for hydroxylation is 1. The molecule has 1 heterocycles. The molecule has 0 spiro atoms. The van der Waals surface area contributed by atoms with E-state index in [1.807, 2.05) is 23.9 Å². The SMILES string of the molecule is Cc1c(CNCCc2ccnn2C)cccc1[N+](=O)[O-]. The van der Waals surface area contributed by atoms with Gasteiger partial charge in [-0.2, -0.15) is 5.10 Å². The lowest BCUT2D eigenvalue weighted by Gasteiger charge is -2.08. The lowest BCUT2D eigenvalue weighted by Crippen LogP contribution is -2.18. The van der Waals surface area contributed by atoms with E-state index < -0.39 is 0 Å². The van der Waals surface area contributed by atoms with Crippen molar-refractivity contribution in [1.82, 2.24) is 15.1 Å². The van der Waals surface area contributed by atoms with Crippen molar-refractivity contribution in [3.05, 3.63) is 57.4 Å². The van der Waals surface area contributed by atoms with E-state index in [1.165, 1.54) is 6.07 Å². The van der Waals surface area contributed by atoms with Gasteiger partial charge in [0.2, 0.25) is 0 Å². The molecule has 0 unspecified atom stereocenters. The van der Waals surface area contributed by atoms with E-state index in [1.54, 1.807) is 19.2 Å². The largest absolute Gasteiger partial charge is 0.312 e. The van der Waals surface area contributed by atoms with Crippen LogP contribution in [0, 0.1) is 17.0 Å². The zero-order chi connectivity index (χ0) is 14.5. The van der Waals surface area contributed by atoms with E-state index in [-0.39, 0.29) is 10.6 Å². The summed E-state index contributed by atoms with van der Waals surface area (Å²) in [5.74, 6) is 0. The standard InChI is InChI=1S/C14H18N4O2/c1-11-12(4-3-5-14(11)18(19)20)10-15-8-6-13-7-9-16-17(13)2/h3-5,7,9,15H,6,8,10H2,1-2H3. The zero-order valence-electron chi connectivity index (χ0n) is 11.7. The van der Waals surface area contributed by atoms with Crippen LogP contribution in [0.15, 0.2) is 30.5 Å². The topological polar surface area (TPSA) is 73.0 Å². The van der Waals surface area contributed by atoms with Crippen LogP contribution in [0.25, 0.3) is 0 Å². The smallest absolute Gasteiger partial charge is 0.272 e. The van der Waals surface area contributed by atoms with Crippen molar-refractivity contribution >= 4 is 5.69 Å². The number of benzene rings is 1. The van der Waals surface area contributed by atoms with E-state index in [4.69, 9.17) is 0 Å². The molecule has 0 aliphatic rings. The molecule has 0 bridgehead atoms. The summed E-state index contributed by atoms with van der Waals surface area (Å²) in [5.41, 5.74) is 3.03. The normalized spacial score (nSPS) is 10.7. The molecule has 0 radical (unpaired) electrons. The van der Waals surface area contributed by atoms with Crippen LogP contribution in [-0.4, -0.2) is 21.2 Å². The Bertz CT molecular complexity index is 607. The van der Waals surface area contributed by atoms with Gasteiger partial charge in [0.15, 0.2) is 0 Å². The van der Waals surface area contributed by atoms with Crippen LogP contribution in [0.2, 0.25) is 0 Å². The fourth-order valence-electron chi connectivity index (χ4n) is 2.15. The average Bonchev–Trinajstić information content (AvgIpc) is 2.81. The predicted molar refractivity (Wildman–Crippen MR) is 76.5 cm³/mol. The number of nitro benzene ring substituents is 1. The summed E-state index contributed by atoms with van der Waals surface area (Å²) in [6.07, 6.45) is 2.66. The molecule has 2 aromatic rings. The quantitative estimate of drug-likeness (QED) is 0.496. The minimum absolute atomic E-state index is 0.177. The Morgan fingerprint density at radius 2 is 2.20 bits per heavy atom. The third-order valence-corrected chi connectivity index (χ3v) is 3.41. The van der Waals surface area contributed by atoms with Crippen LogP contribution in [0.5, 0.6) is 0 Å². The predicted octanol–water partition coefficient (Wildman–Crippen LogP) is 1.97. The van der Waals surface area contributed by atoms with E-state index in [2.05, 4.69) is 10.4 Å². The highest BCUT2D eigenvalue weighted by Crippen LogP contribution is 2.20. The third kappa shape index (κ3) is 3.21. The molecule has 0 amide bonds. The molecule has 1 aromatic carbocycles. The Balaban J connectivity index is 1.90. The summed E-state index contributed by atoms with van der Waals surface area (Å²) >= 11 is 0. The molecule has 20 heavy (non-hydrogen) atoms. The number of nitro groups is 1. The molecular formula is C14H18N4O2. The van der Waals surface area contributed by atoms with Crippen molar-refractivity contribution in [2.75, 3.05) is 6.54 Å². The Morgan fingerprint density at radius 1 is 1.40 bits per heavy atom. The number of rotatable bonds is 6. The fourth-order valence-corrected chi connectivity index (χ4v) is 2.15. The first-order valence-electron chi connectivity index (χ1n) is 6.50. The molecule has 0 saturated carbocycles. The summed E-state index contributed by atoms with van der Waals surface area (Å²) in [4.78, 5) is 10.5. The first-order chi connectivity index (χ1) is 9.59. The van der Waals surface area contributed by atoms with Gasteiger partial charge in [0.25, 0.3) is 5.69 Å².